The molecule has 0 atom stereocenters. The first-order valence-electron chi connectivity index (χ1n) is 4.72. The third kappa shape index (κ3) is 1.85. The molecule has 1 heterocycles. The van der Waals surface area contributed by atoms with Gasteiger partial charge in [0, 0.05) is 18.8 Å². The Labute approximate surface area is 88.0 Å². The van der Waals surface area contributed by atoms with Gasteiger partial charge in [0.05, 0.1) is 12.2 Å². The van der Waals surface area contributed by atoms with E-state index in [1.807, 2.05) is 29.9 Å². The topological polar surface area (TPSA) is 64.1 Å². The van der Waals surface area contributed by atoms with Gasteiger partial charge in [-0.1, -0.05) is 0 Å². The normalized spacial score (nSPS) is 10.5. The zero-order valence-corrected chi connectivity index (χ0v) is 8.51. The molecule has 1 aromatic heterocycles. The highest BCUT2D eigenvalue weighted by Crippen LogP contribution is 2.20. The molecule has 0 spiro atoms. The van der Waals surface area contributed by atoms with Crippen LogP contribution in [0.1, 0.15) is 5.82 Å². The van der Waals surface area contributed by atoms with Gasteiger partial charge in [-0.3, -0.25) is 0 Å². The van der Waals surface area contributed by atoms with Gasteiger partial charge in [0.2, 0.25) is 0 Å². The van der Waals surface area contributed by atoms with Crippen LogP contribution in [0.15, 0.2) is 30.5 Å². The first-order chi connectivity index (χ1) is 7.20. The Morgan fingerprint density at radius 2 is 2.00 bits per heavy atom. The Hall–Kier alpha value is -1.81. The molecule has 1 aromatic carbocycles. The average Bonchev–Trinajstić information content (AvgIpc) is 2.61. The molecule has 0 saturated heterocycles. The van der Waals surface area contributed by atoms with Gasteiger partial charge in [0.1, 0.15) is 11.6 Å². The van der Waals surface area contributed by atoms with Gasteiger partial charge in [-0.05, 0) is 24.3 Å². The van der Waals surface area contributed by atoms with Crippen LogP contribution < -0.4 is 5.73 Å². The largest absolute Gasteiger partial charge is 0.508 e. The smallest absolute Gasteiger partial charge is 0.122 e. The van der Waals surface area contributed by atoms with E-state index in [1.165, 1.54) is 0 Å². The van der Waals surface area contributed by atoms with E-state index in [0.29, 0.717) is 6.54 Å². The van der Waals surface area contributed by atoms with Crippen molar-refractivity contribution in [3.05, 3.63) is 36.3 Å². The molecule has 4 nitrogen and oxygen atoms in total. The van der Waals surface area contributed by atoms with Crippen LogP contribution in [0.3, 0.4) is 0 Å². The van der Waals surface area contributed by atoms with E-state index < -0.39 is 0 Å². The lowest BCUT2D eigenvalue weighted by Gasteiger charge is -1.95. The Kier molecular flexibility index (Phi) is 2.43. The highest BCUT2D eigenvalue weighted by molar-refractivity contribution is 5.59. The van der Waals surface area contributed by atoms with Crippen LogP contribution in [0.25, 0.3) is 11.3 Å². The van der Waals surface area contributed by atoms with E-state index >= 15 is 0 Å². The molecule has 0 aliphatic rings. The SMILES string of the molecule is Cn1cc(-c2ccc(O)cc2)nc1CN. The van der Waals surface area contributed by atoms with Crippen molar-refractivity contribution in [1.82, 2.24) is 9.55 Å². The summed E-state index contributed by atoms with van der Waals surface area (Å²) < 4.78 is 1.90. The second-order valence-electron chi connectivity index (χ2n) is 3.40. The Morgan fingerprint density at radius 1 is 1.33 bits per heavy atom. The van der Waals surface area contributed by atoms with Crippen molar-refractivity contribution in [2.75, 3.05) is 0 Å². The van der Waals surface area contributed by atoms with Crippen molar-refractivity contribution < 1.29 is 5.11 Å². The summed E-state index contributed by atoms with van der Waals surface area (Å²) in [6, 6.07) is 6.95. The summed E-state index contributed by atoms with van der Waals surface area (Å²) >= 11 is 0. The summed E-state index contributed by atoms with van der Waals surface area (Å²) in [5.74, 6) is 1.10. The van der Waals surface area contributed by atoms with Crippen molar-refractivity contribution in [2.24, 2.45) is 12.8 Å². The number of imidazole rings is 1. The number of aromatic hydroxyl groups is 1. The zero-order valence-electron chi connectivity index (χ0n) is 8.51. The van der Waals surface area contributed by atoms with Crippen LogP contribution in [-0.2, 0) is 13.6 Å². The minimum atomic E-state index is 0.258. The third-order valence-corrected chi connectivity index (χ3v) is 2.32. The van der Waals surface area contributed by atoms with Crippen molar-refractivity contribution >= 4 is 0 Å². The fourth-order valence-electron chi connectivity index (χ4n) is 1.47. The Balaban J connectivity index is 2.41. The number of benzene rings is 1. The van der Waals surface area contributed by atoms with E-state index in [0.717, 1.165) is 17.1 Å². The Morgan fingerprint density at radius 3 is 2.53 bits per heavy atom. The first-order valence-corrected chi connectivity index (χ1v) is 4.72. The van der Waals surface area contributed by atoms with Gasteiger partial charge in [0.25, 0.3) is 0 Å². The summed E-state index contributed by atoms with van der Waals surface area (Å²) in [5, 5.41) is 9.16. The second kappa shape index (κ2) is 3.74. The number of phenols is 1. The van der Waals surface area contributed by atoms with Crippen molar-refractivity contribution in [3.63, 3.8) is 0 Å². The van der Waals surface area contributed by atoms with Crippen molar-refractivity contribution in [3.8, 4) is 17.0 Å². The lowest BCUT2D eigenvalue weighted by atomic mass is 10.2. The lowest BCUT2D eigenvalue weighted by Crippen LogP contribution is -2.03. The maximum atomic E-state index is 9.16. The second-order valence-corrected chi connectivity index (χ2v) is 3.40. The number of aromatic nitrogens is 2. The molecule has 0 aliphatic heterocycles. The number of rotatable bonds is 2. The van der Waals surface area contributed by atoms with Gasteiger partial charge >= 0.3 is 0 Å². The van der Waals surface area contributed by atoms with Crippen LogP contribution in [0.4, 0.5) is 0 Å². The van der Waals surface area contributed by atoms with Crippen LogP contribution in [0.2, 0.25) is 0 Å². The third-order valence-electron chi connectivity index (χ3n) is 2.32. The minimum Gasteiger partial charge on any atom is -0.508 e. The molecule has 2 rings (SSSR count). The van der Waals surface area contributed by atoms with Gasteiger partial charge < -0.3 is 15.4 Å². The van der Waals surface area contributed by atoms with Crippen molar-refractivity contribution in [1.29, 1.82) is 0 Å². The summed E-state index contributed by atoms with van der Waals surface area (Å²) in [5.41, 5.74) is 7.39. The molecule has 15 heavy (non-hydrogen) atoms. The highest BCUT2D eigenvalue weighted by Gasteiger charge is 2.05. The number of phenolic OH excluding ortho intramolecular Hbond substituents is 1. The molecule has 0 unspecified atom stereocenters. The molecule has 0 radical (unpaired) electrons. The molecule has 0 saturated carbocycles. The molecule has 78 valence electrons. The maximum Gasteiger partial charge on any atom is 0.122 e. The van der Waals surface area contributed by atoms with Crippen LogP contribution >= 0.6 is 0 Å². The predicted octanol–water partition coefficient (Wildman–Crippen LogP) is 1.25. The average molecular weight is 203 g/mol. The molecule has 4 heteroatoms. The number of nitrogens with zero attached hydrogens (tertiary/aromatic N) is 2. The number of aryl methyl sites for hydroxylation is 1. The number of hydrogen-bond acceptors (Lipinski definition) is 3. The van der Waals surface area contributed by atoms with Gasteiger partial charge in [-0.15, -0.1) is 0 Å². The molecular weight excluding hydrogens is 190 g/mol. The maximum absolute atomic E-state index is 9.16. The van der Waals surface area contributed by atoms with E-state index in [2.05, 4.69) is 4.98 Å². The standard InChI is InChI=1S/C11H13N3O/c1-14-7-10(13-11(14)6-12)8-2-4-9(15)5-3-8/h2-5,7,15H,6,12H2,1H3. The molecule has 3 N–H and O–H groups in total. The summed E-state index contributed by atoms with van der Waals surface area (Å²) in [4.78, 5) is 4.38. The van der Waals surface area contributed by atoms with E-state index in [1.54, 1.807) is 12.1 Å². The van der Waals surface area contributed by atoms with E-state index in [9.17, 15) is 0 Å². The number of hydrogen-bond donors (Lipinski definition) is 2. The lowest BCUT2D eigenvalue weighted by molar-refractivity contribution is 0.475. The van der Waals surface area contributed by atoms with Crippen LogP contribution in [0, 0.1) is 0 Å². The van der Waals surface area contributed by atoms with E-state index in [-0.39, 0.29) is 5.75 Å². The summed E-state index contributed by atoms with van der Waals surface area (Å²) in [7, 11) is 1.92. The molecule has 0 fully saturated rings. The van der Waals surface area contributed by atoms with Crippen LogP contribution in [-0.4, -0.2) is 14.7 Å². The monoisotopic (exact) mass is 203 g/mol. The fourth-order valence-corrected chi connectivity index (χ4v) is 1.47. The quantitative estimate of drug-likeness (QED) is 0.772. The highest BCUT2D eigenvalue weighted by atomic mass is 16.3. The summed E-state index contributed by atoms with van der Waals surface area (Å²) in [6.45, 7) is 0.425. The van der Waals surface area contributed by atoms with Crippen molar-refractivity contribution in [2.45, 2.75) is 6.54 Å². The molecular formula is C11H13N3O. The van der Waals surface area contributed by atoms with E-state index in [4.69, 9.17) is 10.8 Å². The molecule has 2 aromatic rings. The predicted molar refractivity (Wildman–Crippen MR) is 58.2 cm³/mol. The van der Waals surface area contributed by atoms with Gasteiger partial charge in [-0.25, -0.2) is 4.98 Å². The number of nitrogens with two attached hydrogens (primary N) is 1. The minimum absolute atomic E-state index is 0.258. The fraction of sp³-hybridized carbons (Fsp3) is 0.182. The van der Waals surface area contributed by atoms with Gasteiger partial charge in [-0.2, -0.15) is 0 Å². The zero-order chi connectivity index (χ0) is 10.8. The summed E-state index contributed by atoms with van der Waals surface area (Å²) in [6.07, 6.45) is 1.93. The van der Waals surface area contributed by atoms with Crippen LogP contribution in [0.5, 0.6) is 5.75 Å². The molecule has 0 amide bonds. The Bertz CT molecular complexity index is 459. The molecule has 0 aliphatic carbocycles. The van der Waals surface area contributed by atoms with Gasteiger partial charge in [0.15, 0.2) is 0 Å². The molecule has 0 bridgehead atoms. The first kappa shape index (κ1) is 9.73.